The second-order valence-corrected chi connectivity index (χ2v) is 10.0. The molecule has 2 aliphatic rings. The lowest BCUT2D eigenvalue weighted by atomic mass is 9.99. The molecule has 0 unspecified atom stereocenters. The smallest absolute Gasteiger partial charge is 0.176 e. The second kappa shape index (κ2) is 8.43. The van der Waals surface area contributed by atoms with E-state index < -0.39 is 0 Å². The molecule has 8 rings (SSSR count). The Hall–Kier alpha value is -4.69. The maximum absolute atomic E-state index is 6.61. The van der Waals surface area contributed by atoms with E-state index in [1.54, 1.807) is 0 Å². The fraction of sp³-hybridized carbons (Fsp3) is 0.167. The fourth-order valence-electron chi connectivity index (χ4n) is 5.74. The molecule has 5 heterocycles. The number of ether oxygens (including phenoxy) is 1. The van der Waals surface area contributed by atoms with E-state index in [-0.39, 0.29) is 0 Å². The summed E-state index contributed by atoms with van der Waals surface area (Å²) in [6, 6.07) is 21.6. The van der Waals surface area contributed by atoms with Crippen LogP contribution >= 0.6 is 0 Å². The van der Waals surface area contributed by atoms with Gasteiger partial charge >= 0.3 is 0 Å². The molecule has 0 aliphatic carbocycles. The van der Waals surface area contributed by atoms with Gasteiger partial charge in [-0.1, -0.05) is 18.2 Å². The standard InChI is InChI=1S/C30H25N7O/c1-4-25-22(16-33-35-25)11-18(1)20-3-6-27-28(13-20)38-29-14-21(19-2-5-26-23(12-19)17-34-36-26)15-32-30(29)37(27)24-7-9-31-10-8-24/h1-6,11-17,24,31H,7-10H2,(H,33,35)(H,34,36). The van der Waals surface area contributed by atoms with Gasteiger partial charge in [0.1, 0.15) is 0 Å². The van der Waals surface area contributed by atoms with Crippen molar-refractivity contribution in [3.8, 4) is 33.8 Å². The first-order valence-corrected chi connectivity index (χ1v) is 13.0. The van der Waals surface area contributed by atoms with Crippen molar-refractivity contribution >= 4 is 33.3 Å². The highest BCUT2D eigenvalue weighted by Crippen LogP contribution is 2.49. The lowest BCUT2D eigenvalue weighted by Gasteiger charge is -2.39. The van der Waals surface area contributed by atoms with E-state index in [1.807, 2.05) is 18.6 Å². The van der Waals surface area contributed by atoms with Crippen LogP contribution in [0.5, 0.6) is 11.5 Å². The van der Waals surface area contributed by atoms with Gasteiger partial charge in [-0.05, 0) is 85.1 Å². The van der Waals surface area contributed by atoms with E-state index in [9.17, 15) is 0 Å². The molecular formula is C30H25N7O. The summed E-state index contributed by atoms with van der Waals surface area (Å²) in [7, 11) is 0. The summed E-state index contributed by atoms with van der Waals surface area (Å²) < 4.78 is 6.61. The maximum atomic E-state index is 6.61. The van der Waals surface area contributed by atoms with Crippen LogP contribution in [0.15, 0.2) is 79.3 Å². The summed E-state index contributed by atoms with van der Waals surface area (Å²) in [4.78, 5) is 7.36. The lowest BCUT2D eigenvalue weighted by molar-refractivity contribution is 0.423. The molecule has 0 radical (unpaired) electrons. The molecule has 0 amide bonds. The quantitative estimate of drug-likeness (QED) is 0.270. The number of hydrogen-bond donors (Lipinski definition) is 3. The van der Waals surface area contributed by atoms with Gasteiger partial charge in [0.15, 0.2) is 17.3 Å². The number of fused-ring (bicyclic) bond motifs is 4. The van der Waals surface area contributed by atoms with Crippen molar-refractivity contribution in [1.82, 2.24) is 30.7 Å². The highest BCUT2D eigenvalue weighted by atomic mass is 16.5. The van der Waals surface area contributed by atoms with Gasteiger partial charge in [-0.2, -0.15) is 10.2 Å². The van der Waals surface area contributed by atoms with E-state index in [0.717, 1.165) is 93.0 Å². The van der Waals surface area contributed by atoms with Gasteiger partial charge < -0.3 is 15.0 Å². The molecule has 6 aromatic rings. The van der Waals surface area contributed by atoms with E-state index in [2.05, 4.69) is 91.3 Å². The number of aromatic amines is 2. The van der Waals surface area contributed by atoms with Crippen LogP contribution in [0.25, 0.3) is 44.1 Å². The zero-order valence-electron chi connectivity index (χ0n) is 20.6. The number of H-pyrrole nitrogens is 2. The number of nitrogens with one attached hydrogen (secondary N) is 3. The molecule has 8 heteroatoms. The van der Waals surface area contributed by atoms with Crippen LogP contribution in [-0.2, 0) is 0 Å². The number of pyridine rings is 1. The first-order valence-electron chi connectivity index (χ1n) is 13.0. The largest absolute Gasteiger partial charge is 0.451 e. The molecule has 0 saturated carbocycles. The number of benzene rings is 3. The first-order chi connectivity index (χ1) is 18.8. The molecule has 8 nitrogen and oxygen atoms in total. The van der Waals surface area contributed by atoms with E-state index in [0.29, 0.717) is 6.04 Å². The Morgan fingerprint density at radius 2 is 1.32 bits per heavy atom. The molecule has 186 valence electrons. The van der Waals surface area contributed by atoms with Crippen molar-refractivity contribution in [2.45, 2.75) is 18.9 Å². The third kappa shape index (κ3) is 3.45. The summed E-state index contributed by atoms with van der Waals surface area (Å²) in [5.74, 6) is 2.51. The van der Waals surface area contributed by atoms with Crippen LogP contribution < -0.4 is 15.0 Å². The molecule has 3 aromatic carbocycles. The van der Waals surface area contributed by atoms with E-state index in [1.165, 1.54) is 0 Å². The van der Waals surface area contributed by atoms with Crippen LogP contribution in [0, 0.1) is 0 Å². The molecule has 1 fully saturated rings. The van der Waals surface area contributed by atoms with Crippen molar-refractivity contribution in [3.05, 3.63) is 79.3 Å². The number of nitrogens with zero attached hydrogens (tertiary/aromatic N) is 4. The third-order valence-corrected chi connectivity index (χ3v) is 7.72. The SMILES string of the molecule is c1cc2c(cc1-c1ccc3[nH]ncc3c1)Oc1cc(-c3ccc4[nH]ncc4c3)cnc1N2C1CCNCC1. The van der Waals surface area contributed by atoms with Crippen LogP contribution in [0.1, 0.15) is 12.8 Å². The van der Waals surface area contributed by atoms with Crippen molar-refractivity contribution in [2.24, 2.45) is 0 Å². The third-order valence-electron chi connectivity index (χ3n) is 7.72. The van der Waals surface area contributed by atoms with Gasteiger partial charge in [-0.3, -0.25) is 10.2 Å². The second-order valence-electron chi connectivity index (χ2n) is 10.0. The number of piperidine rings is 1. The predicted octanol–water partition coefficient (Wildman–Crippen LogP) is 6.16. The summed E-state index contributed by atoms with van der Waals surface area (Å²) in [5.41, 5.74) is 7.45. The Morgan fingerprint density at radius 1 is 0.684 bits per heavy atom. The molecule has 1 saturated heterocycles. The zero-order chi connectivity index (χ0) is 25.1. The van der Waals surface area contributed by atoms with Crippen molar-refractivity contribution < 1.29 is 4.74 Å². The Kier molecular flexibility index (Phi) is 4.75. The molecule has 3 aromatic heterocycles. The molecule has 3 N–H and O–H groups in total. The summed E-state index contributed by atoms with van der Waals surface area (Å²) >= 11 is 0. The van der Waals surface area contributed by atoms with Crippen molar-refractivity contribution in [2.75, 3.05) is 18.0 Å². The Bertz CT molecular complexity index is 1690. The van der Waals surface area contributed by atoms with Gasteiger partial charge in [0.25, 0.3) is 0 Å². The van der Waals surface area contributed by atoms with Crippen molar-refractivity contribution in [1.29, 1.82) is 0 Å². The van der Waals surface area contributed by atoms with Crippen LogP contribution in [0.4, 0.5) is 11.5 Å². The predicted molar refractivity (Wildman–Crippen MR) is 149 cm³/mol. The maximum Gasteiger partial charge on any atom is 0.176 e. The highest BCUT2D eigenvalue weighted by Gasteiger charge is 2.32. The average molecular weight is 500 g/mol. The van der Waals surface area contributed by atoms with E-state index in [4.69, 9.17) is 9.72 Å². The van der Waals surface area contributed by atoms with Gasteiger partial charge in [0.2, 0.25) is 0 Å². The van der Waals surface area contributed by atoms with Gasteiger partial charge in [0, 0.05) is 28.6 Å². The monoisotopic (exact) mass is 499 g/mol. The van der Waals surface area contributed by atoms with E-state index >= 15 is 0 Å². The fourth-order valence-corrected chi connectivity index (χ4v) is 5.74. The average Bonchev–Trinajstić information content (AvgIpc) is 3.64. The Balaban J connectivity index is 1.24. The molecule has 0 atom stereocenters. The molecular weight excluding hydrogens is 474 g/mol. The van der Waals surface area contributed by atoms with Crippen molar-refractivity contribution in [3.63, 3.8) is 0 Å². The van der Waals surface area contributed by atoms with Crippen LogP contribution in [0.2, 0.25) is 0 Å². The Morgan fingerprint density at radius 3 is 2.05 bits per heavy atom. The first kappa shape index (κ1) is 21.4. The summed E-state index contributed by atoms with van der Waals surface area (Å²) in [6.07, 6.45) is 7.77. The highest BCUT2D eigenvalue weighted by molar-refractivity contribution is 5.87. The summed E-state index contributed by atoms with van der Waals surface area (Å²) in [5, 5.41) is 20.0. The minimum atomic E-state index is 0.353. The minimum absolute atomic E-state index is 0.353. The molecule has 38 heavy (non-hydrogen) atoms. The molecule has 2 aliphatic heterocycles. The topological polar surface area (TPSA) is 94.8 Å². The van der Waals surface area contributed by atoms with Gasteiger partial charge in [-0.15, -0.1) is 0 Å². The normalized spacial score (nSPS) is 15.4. The number of anilines is 2. The van der Waals surface area contributed by atoms with Gasteiger partial charge in [-0.25, -0.2) is 4.98 Å². The summed E-state index contributed by atoms with van der Waals surface area (Å²) in [6.45, 7) is 2.00. The zero-order valence-corrected chi connectivity index (χ0v) is 20.6. The van der Waals surface area contributed by atoms with Crippen LogP contribution in [-0.4, -0.2) is 44.5 Å². The number of rotatable bonds is 3. The molecule has 0 bridgehead atoms. The lowest BCUT2D eigenvalue weighted by Crippen LogP contribution is -2.42. The minimum Gasteiger partial charge on any atom is -0.451 e. The Labute approximate surface area is 218 Å². The molecule has 0 spiro atoms. The number of aromatic nitrogens is 5. The number of hydrogen-bond acceptors (Lipinski definition) is 6. The van der Waals surface area contributed by atoms with Crippen LogP contribution in [0.3, 0.4) is 0 Å². The van der Waals surface area contributed by atoms with Gasteiger partial charge in [0.05, 0.1) is 29.1 Å².